The lowest BCUT2D eigenvalue weighted by Gasteiger charge is -2.04. The lowest BCUT2D eigenvalue weighted by atomic mass is 10.2. The van der Waals surface area contributed by atoms with E-state index in [-0.39, 0.29) is 5.69 Å². The van der Waals surface area contributed by atoms with Gasteiger partial charge in [0.1, 0.15) is 5.75 Å². The lowest BCUT2D eigenvalue weighted by molar-refractivity contribution is 0.173. The van der Waals surface area contributed by atoms with Gasteiger partial charge in [-0.25, -0.2) is 13.8 Å². The van der Waals surface area contributed by atoms with Crippen molar-refractivity contribution < 1.29 is 18.7 Å². The monoisotopic (exact) mass is 267 g/mol. The molecule has 0 fully saturated rings. The molecule has 0 atom stereocenters. The first-order valence-electron chi connectivity index (χ1n) is 6.03. The highest BCUT2D eigenvalue weighted by Crippen LogP contribution is 2.28. The molecule has 1 aromatic heterocycles. The van der Waals surface area contributed by atoms with Gasteiger partial charge in [-0.3, -0.25) is 0 Å². The number of carbonyl (C=O) groups is 1. The zero-order chi connectivity index (χ0) is 14.6. The molecule has 0 aliphatic heterocycles. The van der Waals surface area contributed by atoms with Crippen LogP contribution in [0.5, 0.6) is 5.75 Å². The van der Waals surface area contributed by atoms with E-state index >= 15 is 0 Å². The van der Waals surface area contributed by atoms with Crippen molar-refractivity contribution >= 4 is 17.0 Å². The van der Waals surface area contributed by atoms with Gasteiger partial charge in [-0.2, -0.15) is 0 Å². The van der Waals surface area contributed by atoms with E-state index in [0.29, 0.717) is 16.7 Å². The van der Waals surface area contributed by atoms with Gasteiger partial charge in [-0.15, -0.1) is 0 Å². The third kappa shape index (κ3) is 2.54. The number of halogens is 1. The molecule has 0 radical (unpaired) electrons. The normalized spacial score (nSPS) is 9.79. The van der Waals surface area contributed by atoms with Crippen LogP contribution in [-0.4, -0.2) is 24.9 Å². The zero-order valence-electron chi connectivity index (χ0n) is 11.8. The van der Waals surface area contributed by atoms with Crippen molar-refractivity contribution in [3.63, 3.8) is 0 Å². The predicted molar refractivity (Wildman–Crippen MR) is 72.3 cm³/mol. The van der Waals surface area contributed by atoms with E-state index in [9.17, 15) is 9.18 Å². The van der Waals surface area contributed by atoms with Crippen LogP contribution in [0.4, 0.5) is 9.18 Å². The van der Waals surface area contributed by atoms with E-state index < -0.39 is 11.9 Å². The van der Waals surface area contributed by atoms with E-state index in [1.165, 1.54) is 25.7 Å². The summed E-state index contributed by atoms with van der Waals surface area (Å²) in [5, 5.41) is 0.340. The molecule has 0 bridgehead atoms. The van der Waals surface area contributed by atoms with Gasteiger partial charge in [0.15, 0.2) is 5.82 Å². The van der Waals surface area contributed by atoms with Gasteiger partial charge < -0.3 is 9.47 Å². The number of ether oxygens (including phenoxy) is 2. The molecule has 0 aliphatic carbocycles. The van der Waals surface area contributed by atoms with E-state index in [4.69, 9.17) is 4.74 Å². The number of methoxy groups -OCH3 is 2. The van der Waals surface area contributed by atoms with Gasteiger partial charge in [0.2, 0.25) is 0 Å². The smallest absolute Gasteiger partial charge is 0.418 e. The van der Waals surface area contributed by atoms with Crippen LogP contribution in [-0.2, 0) is 4.74 Å². The summed E-state index contributed by atoms with van der Waals surface area (Å²) in [6.07, 6.45) is -0.610. The largest absolute Gasteiger partial charge is 0.497 e. The predicted octanol–water partition coefficient (Wildman–Crippen LogP) is 3.74. The van der Waals surface area contributed by atoms with Gasteiger partial charge >= 0.3 is 6.09 Å². The molecule has 104 valence electrons. The molecule has 0 saturated carbocycles. The van der Waals surface area contributed by atoms with E-state index in [2.05, 4.69) is 4.74 Å². The highest BCUT2D eigenvalue weighted by Gasteiger charge is 2.19. The number of aromatic nitrogens is 1. The maximum absolute atomic E-state index is 13.9. The second-order valence-electron chi connectivity index (χ2n) is 3.59. The highest BCUT2D eigenvalue weighted by atomic mass is 19.1. The Bertz CT molecular complexity index is 590. The summed E-state index contributed by atoms with van der Waals surface area (Å²) >= 11 is 0. The second kappa shape index (κ2) is 6.22. The molecule has 0 spiro atoms. The molecule has 19 heavy (non-hydrogen) atoms. The molecule has 0 saturated heterocycles. The first-order chi connectivity index (χ1) is 9.10. The van der Waals surface area contributed by atoms with Crippen molar-refractivity contribution in [3.8, 4) is 5.75 Å². The molecule has 2 rings (SSSR count). The fourth-order valence-corrected chi connectivity index (χ4v) is 1.81. The minimum atomic E-state index is -0.610. The van der Waals surface area contributed by atoms with Crippen LogP contribution in [0.3, 0.4) is 0 Å². The molecule has 1 aromatic carbocycles. The van der Waals surface area contributed by atoms with Gasteiger partial charge in [-0.05, 0) is 25.1 Å². The Morgan fingerprint density at radius 1 is 1.26 bits per heavy atom. The average molecular weight is 267 g/mol. The first-order valence-corrected chi connectivity index (χ1v) is 6.03. The Morgan fingerprint density at radius 2 is 1.89 bits per heavy atom. The molecular weight excluding hydrogens is 249 g/mol. The topological polar surface area (TPSA) is 40.5 Å². The first kappa shape index (κ1) is 15.0. The van der Waals surface area contributed by atoms with E-state index in [0.717, 1.165) is 0 Å². The Labute approximate surface area is 111 Å². The SMILES string of the molecule is CC.COC(=O)n1c(C)c(F)c2cc(OC)ccc21. The molecule has 2 aromatic rings. The molecule has 4 nitrogen and oxygen atoms in total. The summed E-state index contributed by atoms with van der Waals surface area (Å²) in [5.41, 5.74) is 0.688. The minimum absolute atomic E-state index is 0.222. The molecular formula is C14H18FNO3. The maximum atomic E-state index is 13.9. The van der Waals surface area contributed by atoms with Crippen LogP contribution in [0.15, 0.2) is 18.2 Å². The number of fused-ring (bicyclic) bond motifs is 1. The summed E-state index contributed by atoms with van der Waals surface area (Å²) < 4.78 is 24.8. The molecule has 0 aliphatic rings. The van der Waals surface area contributed by atoms with Crippen molar-refractivity contribution in [2.45, 2.75) is 20.8 Å². The molecule has 0 unspecified atom stereocenters. The number of rotatable bonds is 1. The number of carbonyl (C=O) groups excluding carboxylic acids is 1. The second-order valence-corrected chi connectivity index (χ2v) is 3.59. The fourth-order valence-electron chi connectivity index (χ4n) is 1.81. The van der Waals surface area contributed by atoms with Crippen molar-refractivity contribution in [1.82, 2.24) is 4.57 Å². The molecule has 0 amide bonds. The average Bonchev–Trinajstić information content (AvgIpc) is 2.72. The van der Waals surface area contributed by atoms with Crippen LogP contribution in [0.2, 0.25) is 0 Å². The van der Waals surface area contributed by atoms with Gasteiger partial charge in [0.25, 0.3) is 0 Å². The molecule has 5 heteroatoms. The zero-order valence-corrected chi connectivity index (χ0v) is 11.8. The number of nitrogens with zero attached hydrogens (tertiary/aromatic N) is 1. The molecule has 1 heterocycles. The van der Waals surface area contributed by atoms with Crippen molar-refractivity contribution in [1.29, 1.82) is 0 Å². The number of hydrogen-bond acceptors (Lipinski definition) is 3. The summed E-state index contributed by atoms with van der Waals surface area (Å²) in [7, 11) is 2.76. The van der Waals surface area contributed by atoms with Crippen molar-refractivity contribution in [3.05, 3.63) is 29.7 Å². The fraction of sp³-hybridized carbons (Fsp3) is 0.357. The standard InChI is InChI=1S/C12H12FNO3.C2H6/c1-7-11(13)9-6-8(16-2)4-5-10(9)14(7)12(15)17-3;1-2/h4-6H,1-3H3;1-2H3. The summed E-state index contributed by atoms with van der Waals surface area (Å²) in [6, 6.07) is 4.85. The number of benzene rings is 1. The maximum Gasteiger partial charge on any atom is 0.418 e. The van der Waals surface area contributed by atoms with Gasteiger partial charge in [0, 0.05) is 5.39 Å². The van der Waals surface area contributed by atoms with Crippen LogP contribution in [0.25, 0.3) is 10.9 Å². The Balaban J connectivity index is 0.000000861. The summed E-state index contributed by atoms with van der Waals surface area (Å²) in [4.78, 5) is 11.6. The van der Waals surface area contributed by atoms with Crippen LogP contribution >= 0.6 is 0 Å². The highest BCUT2D eigenvalue weighted by molar-refractivity contribution is 5.92. The quantitative estimate of drug-likeness (QED) is 0.790. The van der Waals surface area contributed by atoms with E-state index in [1.807, 2.05) is 13.8 Å². The van der Waals surface area contributed by atoms with Crippen molar-refractivity contribution in [2.24, 2.45) is 0 Å². The van der Waals surface area contributed by atoms with E-state index in [1.54, 1.807) is 18.2 Å². The third-order valence-electron chi connectivity index (χ3n) is 2.69. The van der Waals surface area contributed by atoms with Crippen LogP contribution < -0.4 is 4.74 Å². The summed E-state index contributed by atoms with van der Waals surface area (Å²) in [5.74, 6) is 0.0997. The van der Waals surface area contributed by atoms with Crippen molar-refractivity contribution in [2.75, 3.05) is 14.2 Å². The lowest BCUT2D eigenvalue weighted by Crippen LogP contribution is -2.12. The Kier molecular flexibility index (Phi) is 4.92. The van der Waals surface area contributed by atoms with Gasteiger partial charge in [0.05, 0.1) is 25.4 Å². The third-order valence-corrected chi connectivity index (χ3v) is 2.69. The Morgan fingerprint density at radius 3 is 2.42 bits per heavy atom. The van der Waals surface area contributed by atoms with Gasteiger partial charge in [-0.1, -0.05) is 13.8 Å². The van der Waals surface area contributed by atoms with Crippen LogP contribution in [0, 0.1) is 12.7 Å². The minimum Gasteiger partial charge on any atom is -0.497 e. The number of hydrogen-bond donors (Lipinski definition) is 0. The van der Waals surface area contributed by atoms with Crippen LogP contribution in [0.1, 0.15) is 19.5 Å². The Hall–Kier alpha value is -2.04. The molecule has 0 N–H and O–H groups in total. The summed E-state index contributed by atoms with van der Waals surface area (Å²) in [6.45, 7) is 5.53.